The quantitative estimate of drug-likeness (QED) is 0.658. The average Bonchev–Trinajstić information content (AvgIpc) is 2.67. The van der Waals surface area contributed by atoms with Crippen LogP contribution in [0.15, 0.2) is 48.7 Å². The van der Waals surface area contributed by atoms with Crippen LogP contribution in [0.5, 0.6) is 5.88 Å². The lowest BCUT2D eigenvalue weighted by Crippen LogP contribution is -2.42. The van der Waals surface area contributed by atoms with Gasteiger partial charge in [0.2, 0.25) is 5.88 Å². The van der Waals surface area contributed by atoms with Crippen molar-refractivity contribution in [2.75, 3.05) is 18.1 Å². The van der Waals surface area contributed by atoms with Crippen molar-refractivity contribution in [1.82, 2.24) is 9.88 Å². The van der Waals surface area contributed by atoms with Crippen molar-refractivity contribution in [2.45, 2.75) is 33.4 Å². The Morgan fingerprint density at radius 3 is 2.41 bits per heavy atom. The van der Waals surface area contributed by atoms with Crippen LogP contribution in [0, 0.1) is 0 Å². The molecule has 146 valence electrons. The molecule has 1 amide bonds. The number of nitrogens with zero attached hydrogens (tertiary/aromatic N) is 2. The molecule has 0 bridgehead atoms. The Balaban J connectivity index is 2.02. The van der Waals surface area contributed by atoms with E-state index >= 15 is 0 Å². The fourth-order valence-electron chi connectivity index (χ4n) is 2.72. The van der Waals surface area contributed by atoms with Crippen molar-refractivity contribution in [3.63, 3.8) is 0 Å². The molecule has 0 saturated carbocycles. The van der Waals surface area contributed by atoms with E-state index in [9.17, 15) is 13.2 Å². The topological polar surface area (TPSA) is 76.6 Å². The van der Waals surface area contributed by atoms with Gasteiger partial charge >= 0.3 is 0 Å². The summed E-state index contributed by atoms with van der Waals surface area (Å²) in [4.78, 5) is 18.5. The number of ether oxygens (including phenoxy) is 1. The van der Waals surface area contributed by atoms with Gasteiger partial charge in [-0.3, -0.25) is 4.79 Å². The van der Waals surface area contributed by atoms with Crippen LogP contribution in [0.3, 0.4) is 0 Å². The minimum atomic E-state index is -3.16. The third-order valence-electron chi connectivity index (χ3n) is 4.28. The largest absolute Gasteiger partial charge is 0.473 e. The first-order valence-corrected chi connectivity index (χ1v) is 10.8. The monoisotopic (exact) mass is 390 g/mol. The molecule has 1 heterocycles. The smallest absolute Gasteiger partial charge is 0.255 e. The predicted octanol–water partition coefficient (Wildman–Crippen LogP) is 2.95. The number of carbonyl (C=O) groups excluding carboxylic acids is 1. The summed E-state index contributed by atoms with van der Waals surface area (Å²) in [5.41, 5.74) is 1.44. The summed E-state index contributed by atoms with van der Waals surface area (Å²) >= 11 is 0. The maximum Gasteiger partial charge on any atom is 0.255 e. The van der Waals surface area contributed by atoms with E-state index in [-0.39, 0.29) is 17.4 Å². The molecule has 0 aliphatic rings. The molecule has 6 nitrogen and oxygen atoms in total. The second-order valence-corrected chi connectivity index (χ2v) is 8.70. The molecule has 0 radical (unpaired) electrons. The lowest BCUT2D eigenvalue weighted by molar-refractivity contribution is 0.0718. The fourth-order valence-corrected chi connectivity index (χ4v) is 3.87. The first kappa shape index (κ1) is 20.9. The van der Waals surface area contributed by atoms with E-state index in [4.69, 9.17) is 4.74 Å². The number of rotatable bonds is 9. The maximum absolute atomic E-state index is 12.7. The van der Waals surface area contributed by atoms with Gasteiger partial charge in [0.05, 0.1) is 11.3 Å². The zero-order chi connectivity index (χ0) is 19.9. The molecule has 0 aliphatic carbocycles. The molecule has 1 atom stereocenters. The summed E-state index contributed by atoms with van der Waals surface area (Å²) in [5, 5.41) is 0. The van der Waals surface area contributed by atoms with Crippen LogP contribution in [-0.2, 0) is 16.4 Å². The van der Waals surface area contributed by atoms with Gasteiger partial charge in [0.15, 0.2) is 9.84 Å². The van der Waals surface area contributed by atoms with Crippen LogP contribution in [0.2, 0.25) is 0 Å². The molecular formula is C20H26N2O4S. The number of sulfone groups is 1. The van der Waals surface area contributed by atoms with Crippen LogP contribution in [0.1, 0.15) is 36.7 Å². The third kappa shape index (κ3) is 6.06. The maximum atomic E-state index is 12.7. The van der Waals surface area contributed by atoms with E-state index < -0.39 is 15.9 Å². The Labute approximate surface area is 161 Å². The van der Waals surface area contributed by atoms with Crippen molar-refractivity contribution < 1.29 is 17.9 Å². The van der Waals surface area contributed by atoms with Gasteiger partial charge in [0, 0.05) is 30.6 Å². The highest BCUT2D eigenvalue weighted by Crippen LogP contribution is 2.14. The van der Waals surface area contributed by atoms with Gasteiger partial charge < -0.3 is 9.64 Å². The summed E-state index contributed by atoms with van der Waals surface area (Å²) in [6.07, 6.45) is 1.46. The second kappa shape index (κ2) is 9.50. The predicted molar refractivity (Wildman–Crippen MR) is 106 cm³/mol. The third-order valence-corrected chi connectivity index (χ3v) is 6.15. The zero-order valence-electron chi connectivity index (χ0n) is 16.0. The molecule has 0 N–H and O–H groups in total. The van der Waals surface area contributed by atoms with Crippen LogP contribution < -0.4 is 4.74 Å². The van der Waals surface area contributed by atoms with Gasteiger partial charge in [0.1, 0.15) is 6.61 Å². The van der Waals surface area contributed by atoms with Crippen LogP contribution in [-0.4, -0.2) is 48.3 Å². The summed E-state index contributed by atoms with van der Waals surface area (Å²) < 4.78 is 29.3. The van der Waals surface area contributed by atoms with E-state index in [1.165, 1.54) is 6.20 Å². The van der Waals surface area contributed by atoms with E-state index in [1.54, 1.807) is 30.9 Å². The van der Waals surface area contributed by atoms with Gasteiger partial charge in [-0.15, -0.1) is 0 Å². The summed E-state index contributed by atoms with van der Waals surface area (Å²) in [6.45, 7) is 6.01. The minimum Gasteiger partial charge on any atom is -0.473 e. The average molecular weight is 391 g/mol. The van der Waals surface area contributed by atoms with E-state index in [1.807, 2.05) is 37.3 Å². The molecule has 7 heteroatoms. The van der Waals surface area contributed by atoms with E-state index in [2.05, 4.69) is 4.98 Å². The van der Waals surface area contributed by atoms with Gasteiger partial charge in [-0.05, 0) is 25.5 Å². The van der Waals surface area contributed by atoms with Crippen molar-refractivity contribution >= 4 is 15.7 Å². The highest BCUT2D eigenvalue weighted by Gasteiger charge is 2.24. The molecule has 27 heavy (non-hydrogen) atoms. The lowest BCUT2D eigenvalue weighted by atomic mass is 10.2. The summed E-state index contributed by atoms with van der Waals surface area (Å²) in [5.74, 6) is 0.214. The molecule has 2 rings (SSSR count). The van der Waals surface area contributed by atoms with Gasteiger partial charge in [-0.1, -0.05) is 37.3 Å². The summed E-state index contributed by atoms with van der Waals surface area (Å²) in [6, 6.07) is 12.6. The van der Waals surface area contributed by atoms with Crippen molar-refractivity contribution in [1.29, 1.82) is 0 Å². The minimum absolute atomic E-state index is 0.0468. The van der Waals surface area contributed by atoms with Gasteiger partial charge in [-0.2, -0.15) is 0 Å². The number of hydrogen-bond acceptors (Lipinski definition) is 5. The fraction of sp³-hybridized carbons (Fsp3) is 0.400. The molecule has 0 unspecified atom stereocenters. The molecule has 0 spiro atoms. The standard InChI is InChI=1S/C20H26N2O4S/c1-4-22(16(3)15-27(24,25)5-2)20(23)18-11-12-19(21-13-18)26-14-17-9-7-6-8-10-17/h6-13,16H,4-5,14-15H2,1-3H3/t16-/m1/s1. The Bertz CT molecular complexity index is 836. The first-order chi connectivity index (χ1) is 12.9. The molecule has 0 saturated heterocycles. The van der Waals surface area contributed by atoms with E-state index in [0.717, 1.165) is 5.56 Å². The Morgan fingerprint density at radius 2 is 1.85 bits per heavy atom. The summed E-state index contributed by atoms with van der Waals surface area (Å²) in [7, 11) is -3.16. The molecule has 0 fully saturated rings. The van der Waals surface area contributed by atoms with Crippen LogP contribution in [0.4, 0.5) is 0 Å². The molecular weight excluding hydrogens is 364 g/mol. The number of hydrogen-bond donors (Lipinski definition) is 0. The normalized spacial score (nSPS) is 12.4. The van der Waals surface area contributed by atoms with Crippen molar-refractivity contribution in [3.05, 3.63) is 59.8 Å². The van der Waals surface area contributed by atoms with Gasteiger partial charge in [0.25, 0.3) is 5.91 Å². The van der Waals surface area contributed by atoms with Crippen LogP contribution in [0.25, 0.3) is 0 Å². The Hall–Kier alpha value is -2.41. The number of pyridine rings is 1. The van der Waals surface area contributed by atoms with Crippen LogP contribution >= 0.6 is 0 Å². The van der Waals surface area contributed by atoms with Crippen molar-refractivity contribution in [3.8, 4) is 5.88 Å². The number of carbonyl (C=O) groups is 1. The SMILES string of the molecule is CCN(C(=O)c1ccc(OCc2ccccc2)nc1)[C@H](C)CS(=O)(=O)CC. The number of amides is 1. The van der Waals surface area contributed by atoms with Gasteiger partial charge in [-0.25, -0.2) is 13.4 Å². The molecule has 0 aliphatic heterocycles. The highest BCUT2D eigenvalue weighted by molar-refractivity contribution is 7.91. The second-order valence-electron chi connectivity index (χ2n) is 6.30. The molecule has 1 aromatic heterocycles. The zero-order valence-corrected chi connectivity index (χ0v) is 16.8. The molecule has 1 aromatic carbocycles. The molecule has 2 aromatic rings. The lowest BCUT2D eigenvalue weighted by Gasteiger charge is -2.27. The van der Waals surface area contributed by atoms with Crippen molar-refractivity contribution in [2.24, 2.45) is 0 Å². The van der Waals surface area contributed by atoms with E-state index in [0.29, 0.717) is 24.6 Å². The highest BCUT2D eigenvalue weighted by atomic mass is 32.2. The number of benzene rings is 1. The Kier molecular flexibility index (Phi) is 7.36. The Morgan fingerprint density at radius 1 is 1.15 bits per heavy atom. The number of aromatic nitrogens is 1. The first-order valence-electron chi connectivity index (χ1n) is 9.00.